The molecule has 0 aliphatic carbocycles. The standard InChI is InChI=1S/C18H17F3N4O2S/c1-2-22-15-9-12(7-8-23-15)10-24-11-16(26)25(17(24)27)13-3-5-14(6-4-13)28-18(19,20)21/h3-9H,2,10-11H2,1H3,(H,22,23). The Morgan fingerprint density at radius 3 is 2.54 bits per heavy atom. The number of urea groups is 1. The van der Waals surface area contributed by atoms with Gasteiger partial charge >= 0.3 is 11.5 Å². The molecule has 0 bridgehead atoms. The number of halogens is 3. The third kappa shape index (κ3) is 4.75. The fourth-order valence-electron chi connectivity index (χ4n) is 2.80. The molecule has 1 aromatic heterocycles. The van der Waals surface area contributed by atoms with Crippen molar-refractivity contribution in [3.05, 3.63) is 48.2 Å². The van der Waals surface area contributed by atoms with Gasteiger partial charge in [0.2, 0.25) is 0 Å². The Morgan fingerprint density at radius 2 is 1.89 bits per heavy atom. The second-order valence-electron chi connectivity index (χ2n) is 5.99. The first-order chi connectivity index (χ1) is 13.3. The number of carbonyl (C=O) groups excluding carboxylic acids is 2. The lowest BCUT2D eigenvalue weighted by atomic mass is 10.2. The Morgan fingerprint density at radius 1 is 1.18 bits per heavy atom. The second-order valence-corrected chi connectivity index (χ2v) is 7.13. The van der Waals surface area contributed by atoms with E-state index in [-0.39, 0.29) is 35.4 Å². The lowest BCUT2D eigenvalue weighted by Gasteiger charge is -2.18. The zero-order valence-corrected chi connectivity index (χ0v) is 15.7. The number of thioether (sulfide) groups is 1. The average Bonchev–Trinajstić information content (AvgIpc) is 2.89. The van der Waals surface area contributed by atoms with Crippen LogP contribution in [0.15, 0.2) is 47.5 Å². The Kier molecular flexibility index (Phi) is 5.78. The van der Waals surface area contributed by atoms with Crippen LogP contribution in [0.5, 0.6) is 0 Å². The smallest absolute Gasteiger partial charge is 0.370 e. The van der Waals surface area contributed by atoms with Crippen molar-refractivity contribution in [2.24, 2.45) is 0 Å². The van der Waals surface area contributed by atoms with Gasteiger partial charge in [-0.2, -0.15) is 13.2 Å². The Labute approximate surface area is 163 Å². The number of aromatic nitrogens is 1. The minimum absolute atomic E-state index is 0.0139. The van der Waals surface area contributed by atoms with Crippen LogP contribution in [0.3, 0.4) is 0 Å². The number of alkyl halides is 3. The average molecular weight is 410 g/mol. The molecule has 148 valence electrons. The van der Waals surface area contributed by atoms with Crippen LogP contribution >= 0.6 is 11.8 Å². The molecule has 10 heteroatoms. The zero-order chi connectivity index (χ0) is 20.3. The molecule has 6 nitrogen and oxygen atoms in total. The molecule has 0 saturated carbocycles. The molecule has 1 saturated heterocycles. The van der Waals surface area contributed by atoms with E-state index >= 15 is 0 Å². The topological polar surface area (TPSA) is 65.5 Å². The Balaban J connectivity index is 1.72. The number of rotatable bonds is 6. The first kappa shape index (κ1) is 20.0. The van der Waals surface area contributed by atoms with Crippen LogP contribution in [0.4, 0.5) is 29.5 Å². The molecule has 2 aromatic rings. The number of pyridine rings is 1. The number of nitrogens with one attached hydrogen (secondary N) is 1. The number of carbonyl (C=O) groups is 2. The SMILES string of the molecule is CCNc1cc(CN2CC(=O)N(c3ccc(SC(F)(F)F)cc3)C2=O)ccn1. The third-order valence-corrected chi connectivity index (χ3v) is 4.66. The summed E-state index contributed by atoms with van der Waals surface area (Å²) in [6.07, 6.45) is 1.62. The van der Waals surface area contributed by atoms with Crippen molar-refractivity contribution >= 4 is 35.2 Å². The Hall–Kier alpha value is -2.75. The number of hydrogen-bond acceptors (Lipinski definition) is 5. The summed E-state index contributed by atoms with van der Waals surface area (Å²) in [6, 6.07) is 8.19. The van der Waals surface area contributed by atoms with Gasteiger partial charge in [-0.05, 0) is 60.6 Å². The first-order valence-corrected chi connectivity index (χ1v) is 9.25. The van der Waals surface area contributed by atoms with Crippen molar-refractivity contribution in [1.29, 1.82) is 0 Å². The highest BCUT2D eigenvalue weighted by atomic mass is 32.2. The van der Waals surface area contributed by atoms with E-state index < -0.39 is 17.4 Å². The van der Waals surface area contributed by atoms with E-state index in [2.05, 4.69) is 10.3 Å². The first-order valence-electron chi connectivity index (χ1n) is 8.43. The van der Waals surface area contributed by atoms with Crippen LogP contribution in [0.2, 0.25) is 0 Å². The maximum absolute atomic E-state index is 12.7. The number of imide groups is 1. The highest BCUT2D eigenvalue weighted by molar-refractivity contribution is 8.00. The van der Waals surface area contributed by atoms with Crippen LogP contribution in [-0.4, -0.2) is 40.4 Å². The maximum Gasteiger partial charge on any atom is 0.446 e. The number of nitrogens with zero attached hydrogens (tertiary/aromatic N) is 3. The predicted molar refractivity (Wildman–Crippen MR) is 100 cm³/mol. The van der Waals surface area contributed by atoms with Gasteiger partial charge in [0.05, 0.1) is 5.69 Å². The van der Waals surface area contributed by atoms with E-state index in [9.17, 15) is 22.8 Å². The van der Waals surface area contributed by atoms with E-state index in [1.807, 2.05) is 6.92 Å². The van der Waals surface area contributed by atoms with Gasteiger partial charge in [0.1, 0.15) is 12.4 Å². The molecular weight excluding hydrogens is 393 g/mol. The van der Waals surface area contributed by atoms with Gasteiger partial charge in [-0.1, -0.05) is 0 Å². The molecule has 0 unspecified atom stereocenters. The Bertz CT molecular complexity index is 874. The van der Waals surface area contributed by atoms with Crippen LogP contribution in [-0.2, 0) is 11.3 Å². The monoisotopic (exact) mass is 410 g/mol. The maximum atomic E-state index is 12.7. The summed E-state index contributed by atoms with van der Waals surface area (Å²) in [6.45, 7) is 2.77. The molecule has 28 heavy (non-hydrogen) atoms. The van der Waals surface area contributed by atoms with Gasteiger partial charge in [0.25, 0.3) is 5.91 Å². The number of amides is 3. The molecule has 0 spiro atoms. The van der Waals surface area contributed by atoms with Crippen molar-refractivity contribution in [2.45, 2.75) is 23.9 Å². The summed E-state index contributed by atoms with van der Waals surface area (Å²) in [5.74, 6) is 0.245. The quantitative estimate of drug-likeness (QED) is 0.574. The van der Waals surface area contributed by atoms with Crippen LogP contribution in [0.25, 0.3) is 0 Å². The molecule has 3 amide bonds. The largest absolute Gasteiger partial charge is 0.446 e. The normalized spacial score (nSPS) is 14.7. The number of anilines is 2. The molecule has 0 radical (unpaired) electrons. The second kappa shape index (κ2) is 8.09. The van der Waals surface area contributed by atoms with Crippen molar-refractivity contribution < 1.29 is 22.8 Å². The van der Waals surface area contributed by atoms with Crippen molar-refractivity contribution in [3.63, 3.8) is 0 Å². The highest BCUT2D eigenvalue weighted by Gasteiger charge is 2.37. The van der Waals surface area contributed by atoms with Gasteiger partial charge < -0.3 is 10.2 Å². The van der Waals surface area contributed by atoms with Gasteiger partial charge in [-0.25, -0.2) is 14.7 Å². The van der Waals surface area contributed by atoms with Crippen molar-refractivity contribution in [1.82, 2.24) is 9.88 Å². The number of benzene rings is 1. The van der Waals surface area contributed by atoms with E-state index in [4.69, 9.17) is 0 Å². The third-order valence-electron chi connectivity index (χ3n) is 3.92. The summed E-state index contributed by atoms with van der Waals surface area (Å²) >= 11 is -0.249. The highest BCUT2D eigenvalue weighted by Crippen LogP contribution is 2.37. The molecule has 1 aliphatic rings. The summed E-state index contributed by atoms with van der Waals surface area (Å²) in [5.41, 5.74) is -3.34. The van der Waals surface area contributed by atoms with Gasteiger partial charge in [-0.15, -0.1) is 0 Å². The molecular formula is C18H17F3N4O2S. The van der Waals surface area contributed by atoms with E-state index in [0.29, 0.717) is 12.4 Å². The van der Waals surface area contributed by atoms with E-state index in [0.717, 1.165) is 10.5 Å². The van der Waals surface area contributed by atoms with Crippen LogP contribution in [0.1, 0.15) is 12.5 Å². The van der Waals surface area contributed by atoms with E-state index in [1.165, 1.54) is 29.2 Å². The van der Waals surface area contributed by atoms with Crippen LogP contribution in [0, 0.1) is 0 Å². The van der Waals surface area contributed by atoms with Crippen molar-refractivity contribution in [2.75, 3.05) is 23.3 Å². The summed E-state index contributed by atoms with van der Waals surface area (Å²) in [5, 5.41) is 3.07. The van der Waals surface area contributed by atoms with Gasteiger partial charge in [-0.3, -0.25) is 4.79 Å². The fraction of sp³-hybridized carbons (Fsp3) is 0.278. The lowest BCUT2D eigenvalue weighted by molar-refractivity contribution is -0.116. The molecule has 1 N–H and O–H groups in total. The molecule has 1 aliphatic heterocycles. The molecule has 1 aromatic carbocycles. The minimum Gasteiger partial charge on any atom is -0.370 e. The van der Waals surface area contributed by atoms with E-state index in [1.54, 1.807) is 18.3 Å². The summed E-state index contributed by atoms with van der Waals surface area (Å²) < 4.78 is 37.3. The summed E-state index contributed by atoms with van der Waals surface area (Å²) in [7, 11) is 0. The fourth-order valence-corrected chi connectivity index (χ4v) is 3.33. The molecule has 1 fully saturated rings. The van der Waals surface area contributed by atoms with Gasteiger partial charge in [0.15, 0.2) is 0 Å². The molecule has 0 atom stereocenters. The van der Waals surface area contributed by atoms with Crippen LogP contribution < -0.4 is 10.2 Å². The molecule has 2 heterocycles. The minimum atomic E-state index is -4.40. The zero-order valence-electron chi connectivity index (χ0n) is 14.9. The lowest BCUT2D eigenvalue weighted by Crippen LogP contribution is -2.32. The predicted octanol–water partition coefficient (Wildman–Crippen LogP) is 4.09. The summed E-state index contributed by atoms with van der Waals surface area (Å²) in [4.78, 5) is 31.5. The van der Waals surface area contributed by atoms with Crippen molar-refractivity contribution in [3.8, 4) is 0 Å². The molecule has 3 rings (SSSR count). The number of hydrogen-bond donors (Lipinski definition) is 1. The van der Waals surface area contributed by atoms with Gasteiger partial charge in [0, 0.05) is 24.2 Å².